The molecule has 0 aromatic heterocycles. The molecule has 0 bridgehead atoms. The number of nitrogens with one attached hydrogen (secondary N) is 1. The fraction of sp³-hybridized carbons (Fsp3) is 0.286. The lowest BCUT2D eigenvalue weighted by Gasteiger charge is -2.33. The second kappa shape index (κ2) is 13.3. The van der Waals surface area contributed by atoms with E-state index in [1.54, 1.807) is 41.3 Å². The molecule has 0 saturated carbocycles. The Bertz CT molecular complexity index is 1180. The van der Waals surface area contributed by atoms with Crippen LogP contribution in [0.1, 0.15) is 37.0 Å². The van der Waals surface area contributed by atoms with Crippen molar-refractivity contribution in [2.24, 2.45) is 0 Å². The van der Waals surface area contributed by atoms with E-state index < -0.39 is 6.04 Å². The van der Waals surface area contributed by atoms with E-state index in [1.807, 2.05) is 44.2 Å². The second-order valence-electron chi connectivity index (χ2n) is 8.66. The number of benzene rings is 3. The molecule has 190 valence electrons. The Hall–Kier alpha value is -2.24. The van der Waals surface area contributed by atoms with Gasteiger partial charge in [-0.05, 0) is 48.7 Å². The average molecular weight is 566 g/mol. The Morgan fingerprint density at radius 3 is 2.17 bits per heavy atom. The highest BCUT2D eigenvalue weighted by Gasteiger charge is 2.32. The monoisotopic (exact) mass is 564 g/mol. The third kappa shape index (κ3) is 7.63. The molecule has 2 atom stereocenters. The molecule has 36 heavy (non-hydrogen) atoms. The molecule has 0 unspecified atom stereocenters. The van der Waals surface area contributed by atoms with Gasteiger partial charge in [-0.25, -0.2) is 0 Å². The topological polar surface area (TPSA) is 49.4 Å². The Balaban J connectivity index is 2.04. The normalized spacial score (nSPS) is 12.6. The molecule has 2 amide bonds. The van der Waals surface area contributed by atoms with Crippen LogP contribution in [0.4, 0.5) is 0 Å². The molecule has 3 aromatic rings. The number of hydrogen-bond donors (Lipinski definition) is 1. The van der Waals surface area contributed by atoms with Crippen molar-refractivity contribution >= 4 is 58.2 Å². The first-order chi connectivity index (χ1) is 17.2. The van der Waals surface area contributed by atoms with Crippen LogP contribution in [0.3, 0.4) is 0 Å². The van der Waals surface area contributed by atoms with E-state index in [9.17, 15) is 9.59 Å². The summed E-state index contributed by atoms with van der Waals surface area (Å²) in [5, 5.41) is 4.75. The summed E-state index contributed by atoms with van der Waals surface area (Å²) in [6, 6.07) is 18.9. The summed E-state index contributed by atoms with van der Waals surface area (Å²) < 4.78 is 0. The molecule has 0 aliphatic heterocycles. The number of hydrogen-bond acceptors (Lipinski definition) is 2. The first-order valence-corrected chi connectivity index (χ1v) is 13.2. The largest absolute Gasteiger partial charge is 0.352 e. The van der Waals surface area contributed by atoms with Gasteiger partial charge in [0.15, 0.2) is 0 Å². The highest BCUT2D eigenvalue weighted by Crippen LogP contribution is 2.28. The zero-order valence-corrected chi connectivity index (χ0v) is 23.1. The van der Waals surface area contributed by atoms with Gasteiger partial charge in [-0.2, -0.15) is 0 Å². The minimum atomic E-state index is -0.799. The number of rotatable bonds is 10. The van der Waals surface area contributed by atoms with Gasteiger partial charge in [-0.3, -0.25) is 9.59 Å². The molecule has 0 spiro atoms. The van der Waals surface area contributed by atoms with Crippen molar-refractivity contribution < 1.29 is 9.59 Å². The maximum atomic E-state index is 13.8. The molecular weight excluding hydrogens is 538 g/mol. The first kappa shape index (κ1) is 28.3. The van der Waals surface area contributed by atoms with Gasteiger partial charge in [0, 0.05) is 44.7 Å². The van der Waals surface area contributed by atoms with E-state index >= 15 is 0 Å². The second-order valence-corrected chi connectivity index (χ2v) is 10.3. The van der Waals surface area contributed by atoms with Crippen LogP contribution in [-0.4, -0.2) is 28.8 Å². The van der Waals surface area contributed by atoms with Crippen molar-refractivity contribution in [2.75, 3.05) is 0 Å². The van der Waals surface area contributed by atoms with Crippen molar-refractivity contribution in [1.82, 2.24) is 10.2 Å². The lowest BCUT2D eigenvalue weighted by Crippen LogP contribution is -2.52. The molecule has 4 nitrogen and oxygen atoms in total. The van der Waals surface area contributed by atoms with Crippen LogP contribution in [0.15, 0.2) is 66.7 Å². The van der Waals surface area contributed by atoms with Crippen molar-refractivity contribution in [2.45, 2.75) is 51.7 Å². The molecule has 1 N–H and O–H groups in total. The standard InChI is InChI=1S/C28H28Cl4N2O2/c1-3-18(2)33-28(36)26(14-19-8-5-4-6-9-19)34(17-22-23(30)10-7-11-24(22)31)27(35)15-20-12-13-21(29)16-25(20)32/h4-13,16,18,26H,3,14-15,17H2,1-2H3,(H,33,36)/t18-,26-/m0/s1. The summed E-state index contributed by atoms with van der Waals surface area (Å²) in [7, 11) is 0. The van der Waals surface area contributed by atoms with E-state index in [-0.39, 0.29) is 30.8 Å². The van der Waals surface area contributed by atoms with Gasteiger partial charge in [0.2, 0.25) is 11.8 Å². The maximum Gasteiger partial charge on any atom is 0.243 e. The van der Waals surface area contributed by atoms with E-state index in [1.165, 1.54) is 0 Å². The van der Waals surface area contributed by atoms with Gasteiger partial charge < -0.3 is 10.2 Å². The summed E-state index contributed by atoms with van der Waals surface area (Å²) in [5.74, 6) is -0.526. The van der Waals surface area contributed by atoms with E-state index in [4.69, 9.17) is 46.4 Å². The predicted octanol–water partition coefficient (Wildman–Crippen LogP) is 7.40. The molecule has 3 aromatic carbocycles. The highest BCUT2D eigenvalue weighted by atomic mass is 35.5. The predicted molar refractivity (Wildman–Crippen MR) is 149 cm³/mol. The summed E-state index contributed by atoms with van der Waals surface area (Å²) in [6.45, 7) is 3.99. The summed E-state index contributed by atoms with van der Waals surface area (Å²) >= 11 is 25.4. The van der Waals surface area contributed by atoms with Crippen molar-refractivity contribution in [3.63, 3.8) is 0 Å². The fourth-order valence-corrected chi connectivity index (χ4v) is 4.77. The van der Waals surface area contributed by atoms with Crippen LogP contribution >= 0.6 is 46.4 Å². The third-order valence-electron chi connectivity index (χ3n) is 6.02. The molecular formula is C28H28Cl4N2O2. The summed E-state index contributed by atoms with van der Waals surface area (Å²) in [5.41, 5.74) is 2.11. The summed E-state index contributed by atoms with van der Waals surface area (Å²) in [4.78, 5) is 29.0. The fourth-order valence-electron chi connectivity index (χ4n) is 3.78. The zero-order chi connectivity index (χ0) is 26.2. The molecule has 0 saturated heterocycles. The Labute approximate surface area is 232 Å². The number of carbonyl (C=O) groups is 2. The van der Waals surface area contributed by atoms with Gasteiger partial charge in [0.05, 0.1) is 6.42 Å². The average Bonchev–Trinajstić information content (AvgIpc) is 2.85. The molecule has 0 fully saturated rings. The molecule has 0 aliphatic carbocycles. The Morgan fingerprint density at radius 2 is 1.56 bits per heavy atom. The van der Waals surface area contributed by atoms with Gasteiger partial charge >= 0.3 is 0 Å². The van der Waals surface area contributed by atoms with Crippen molar-refractivity contribution in [3.05, 3.63) is 104 Å². The molecule has 8 heteroatoms. The number of carbonyl (C=O) groups excluding carboxylic acids is 2. The smallest absolute Gasteiger partial charge is 0.243 e. The van der Waals surface area contributed by atoms with Crippen LogP contribution in [0.2, 0.25) is 20.1 Å². The quantitative estimate of drug-likeness (QED) is 0.278. The van der Waals surface area contributed by atoms with E-state index in [0.717, 1.165) is 12.0 Å². The van der Waals surface area contributed by atoms with Crippen LogP contribution in [0.5, 0.6) is 0 Å². The number of halogens is 4. The van der Waals surface area contributed by atoms with Gasteiger partial charge in [0.25, 0.3) is 0 Å². The lowest BCUT2D eigenvalue weighted by molar-refractivity contribution is -0.141. The van der Waals surface area contributed by atoms with E-state index in [0.29, 0.717) is 37.6 Å². The van der Waals surface area contributed by atoms with Gasteiger partial charge in [-0.15, -0.1) is 0 Å². The minimum Gasteiger partial charge on any atom is -0.352 e. The Kier molecular flexibility index (Phi) is 10.5. The van der Waals surface area contributed by atoms with Crippen LogP contribution < -0.4 is 5.32 Å². The molecule has 0 heterocycles. The van der Waals surface area contributed by atoms with Crippen molar-refractivity contribution in [3.8, 4) is 0 Å². The van der Waals surface area contributed by atoms with Crippen LogP contribution in [-0.2, 0) is 29.0 Å². The van der Waals surface area contributed by atoms with Crippen molar-refractivity contribution in [1.29, 1.82) is 0 Å². The SMILES string of the molecule is CC[C@H](C)NC(=O)[C@H](Cc1ccccc1)N(Cc1c(Cl)cccc1Cl)C(=O)Cc1ccc(Cl)cc1Cl. The highest BCUT2D eigenvalue weighted by molar-refractivity contribution is 6.36. The molecule has 0 aliphatic rings. The van der Waals surface area contributed by atoms with Crippen LogP contribution in [0, 0.1) is 0 Å². The lowest BCUT2D eigenvalue weighted by atomic mass is 10.0. The van der Waals surface area contributed by atoms with Crippen LogP contribution in [0.25, 0.3) is 0 Å². The molecule has 0 radical (unpaired) electrons. The minimum absolute atomic E-state index is 0.0139. The maximum absolute atomic E-state index is 13.8. The zero-order valence-electron chi connectivity index (χ0n) is 20.1. The number of nitrogens with zero attached hydrogens (tertiary/aromatic N) is 1. The van der Waals surface area contributed by atoms with E-state index in [2.05, 4.69) is 5.32 Å². The summed E-state index contributed by atoms with van der Waals surface area (Å²) in [6.07, 6.45) is 1.07. The first-order valence-electron chi connectivity index (χ1n) is 11.7. The third-order valence-corrected chi connectivity index (χ3v) is 7.31. The molecule has 3 rings (SSSR count). The van der Waals surface area contributed by atoms with Gasteiger partial charge in [0.1, 0.15) is 6.04 Å². The number of amides is 2. The van der Waals surface area contributed by atoms with Gasteiger partial charge in [-0.1, -0.05) is 95.8 Å². The Morgan fingerprint density at radius 1 is 0.889 bits per heavy atom.